The van der Waals surface area contributed by atoms with Crippen molar-refractivity contribution in [1.29, 1.82) is 0 Å². The Hall–Kier alpha value is -0.850. The molecule has 0 rings (SSSR count). The first-order valence-electron chi connectivity index (χ1n) is 4.65. The van der Waals surface area contributed by atoms with E-state index in [0.29, 0.717) is 0 Å². The van der Waals surface area contributed by atoms with Crippen LogP contribution in [-0.4, -0.2) is 0 Å². The number of hydrogen-bond acceptors (Lipinski definition) is 0. The second kappa shape index (κ2) is 6.64. The Bertz CT molecular complexity index is 224. The molecule has 0 aromatic heterocycles. The summed E-state index contributed by atoms with van der Waals surface area (Å²) in [5, 5.41) is 0. The lowest BCUT2D eigenvalue weighted by molar-refractivity contribution is 0.640. The van der Waals surface area contributed by atoms with Gasteiger partial charge >= 0.3 is 0 Å². The molecule has 0 saturated carbocycles. The minimum atomic E-state index is -0.137. The molecular formula is C12H19F. The molecule has 0 radical (unpaired) electrons. The van der Waals surface area contributed by atoms with Crippen molar-refractivity contribution in [3.8, 4) is 0 Å². The van der Waals surface area contributed by atoms with Gasteiger partial charge in [-0.05, 0) is 46.6 Å². The topological polar surface area (TPSA) is 0 Å². The second-order valence-electron chi connectivity index (χ2n) is 3.59. The van der Waals surface area contributed by atoms with Gasteiger partial charge in [-0.1, -0.05) is 23.3 Å². The van der Waals surface area contributed by atoms with Gasteiger partial charge in [-0.3, -0.25) is 0 Å². The minimum Gasteiger partial charge on any atom is -0.212 e. The highest BCUT2D eigenvalue weighted by Crippen LogP contribution is 2.07. The fraction of sp³-hybridized carbons (Fsp3) is 0.500. The van der Waals surface area contributed by atoms with Crippen molar-refractivity contribution in [2.24, 2.45) is 0 Å². The van der Waals surface area contributed by atoms with Gasteiger partial charge in [-0.25, -0.2) is 4.39 Å². The number of hydrogen-bond donors (Lipinski definition) is 0. The van der Waals surface area contributed by atoms with Crippen LogP contribution < -0.4 is 0 Å². The normalized spacial score (nSPS) is 13.0. The van der Waals surface area contributed by atoms with E-state index < -0.39 is 0 Å². The Morgan fingerprint density at radius 2 is 1.69 bits per heavy atom. The van der Waals surface area contributed by atoms with E-state index in [9.17, 15) is 4.39 Å². The zero-order valence-corrected chi connectivity index (χ0v) is 9.02. The Morgan fingerprint density at radius 1 is 1.08 bits per heavy atom. The first-order chi connectivity index (χ1) is 6.02. The summed E-state index contributed by atoms with van der Waals surface area (Å²) in [5.41, 5.74) is 2.56. The summed E-state index contributed by atoms with van der Waals surface area (Å²) >= 11 is 0. The van der Waals surface area contributed by atoms with Gasteiger partial charge in [0.1, 0.15) is 0 Å². The molecule has 0 amide bonds. The molecule has 0 aromatic carbocycles. The van der Waals surface area contributed by atoms with Crippen molar-refractivity contribution in [1.82, 2.24) is 0 Å². The highest BCUT2D eigenvalue weighted by Gasteiger charge is 1.87. The summed E-state index contributed by atoms with van der Waals surface area (Å²) in [5.74, 6) is -0.137. The maximum Gasteiger partial charge on any atom is 0.0968 e. The van der Waals surface area contributed by atoms with Crippen LogP contribution in [0.2, 0.25) is 0 Å². The van der Waals surface area contributed by atoms with Crippen LogP contribution in [0.3, 0.4) is 0 Å². The van der Waals surface area contributed by atoms with Gasteiger partial charge in [-0.15, -0.1) is 0 Å². The fourth-order valence-electron chi connectivity index (χ4n) is 0.929. The van der Waals surface area contributed by atoms with Crippen LogP contribution in [0.5, 0.6) is 0 Å². The van der Waals surface area contributed by atoms with Crippen LogP contribution in [0.15, 0.2) is 35.2 Å². The van der Waals surface area contributed by atoms with Crippen molar-refractivity contribution in [3.05, 3.63) is 35.2 Å². The quantitative estimate of drug-likeness (QED) is 0.442. The molecule has 0 N–H and O–H groups in total. The lowest BCUT2D eigenvalue weighted by Crippen LogP contribution is -1.76. The van der Waals surface area contributed by atoms with E-state index in [1.165, 1.54) is 24.1 Å². The predicted molar refractivity (Wildman–Crippen MR) is 57.3 cm³/mol. The lowest BCUT2D eigenvalue weighted by Gasteiger charge is -1.96. The average Bonchev–Trinajstić information content (AvgIpc) is 2.00. The molecule has 1 heteroatoms. The van der Waals surface area contributed by atoms with Gasteiger partial charge in [0.25, 0.3) is 0 Å². The molecule has 0 nitrogen and oxygen atoms in total. The molecular weight excluding hydrogens is 163 g/mol. The van der Waals surface area contributed by atoms with Crippen molar-refractivity contribution < 1.29 is 4.39 Å². The van der Waals surface area contributed by atoms with E-state index in [2.05, 4.69) is 19.9 Å². The SMILES string of the molecule is CC(C)=CCC/C(C)=C/C=C(/C)F. The highest BCUT2D eigenvalue weighted by atomic mass is 19.1. The van der Waals surface area contributed by atoms with Gasteiger partial charge in [0.05, 0.1) is 5.83 Å². The Kier molecular flexibility index (Phi) is 6.21. The largest absolute Gasteiger partial charge is 0.212 e. The first kappa shape index (κ1) is 12.2. The molecule has 0 bridgehead atoms. The van der Waals surface area contributed by atoms with Crippen molar-refractivity contribution in [2.45, 2.75) is 40.5 Å². The van der Waals surface area contributed by atoms with Crippen molar-refractivity contribution >= 4 is 0 Å². The van der Waals surface area contributed by atoms with E-state index in [1.807, 2.05) is 13.0 Å². The maximum absolute atomic E-state index is 12.3. The van der Waals surface area contributed by atoms with Gasteiger partial charge in [-0.2, -0.15) is 0 Å². The summed E-state index contributed by atoms with van der Waals surface area (Å²) in [6.07, 6.45) is 7.61. The molecule has 0 unspecified atom stereocenters. The number of allylic oxidation sites excluding steroid dienone is 6. The van der Waals surface area contributed by atoms with Gasteiger partial charge < -0.3 is 0 Å². The Labute approximate surface area is 80.9 Å². The molecule has 0 fully saturated rings. The Balaban J connectivity index is 3.88. The molecule has 0 atom stereocenters. The second-order valence-corrected chi connectivity index (χ2v) is 3.59. The van der Waals surface area contributed by atoms with Crippen LogP contribution in [0.25, 0.3) is 0 Å². The van der Waals surface area contributed by atoms with Crippen molar-refractivity contribution in [2.75, 3.05) is 0 Å². The summed E-state index contributed by atoms with van der Waals surface area (Å²) in [4.78, 5) is 0. The third-order valence-electron chi connectivity index (χ3n) is 1.69. The first-order valence-corrected chi connectivity index (χ1v) is 4.65. The van der Waals surface area contributed by atoms with Crippen molar-refractivity contribution in [3.63, 3.8) is 0 Å². The minimum absolute atomic E-state index is 0.137. The molecule has 0 saturated heterocycles. The monoisotopic (exact) mass is 182 g/mol. The van der Waals surface area contributed by atoms with Crippen LogP contribution in [-0.2, 0) is 0 Å². The maximum atomic E-state index is 12.3. The summed E-state index contributed by atoms with van der Waals surface area (Å²) in [6, 6.07) is 0. The van der Waals surface area contributed by atoms with E-state index in [0.717, 1.165) is 12.8 Å². The molecule has 74 valence electrons. The van der Waals surface area contributed by atoms with Crippen LogP contribution in [0.4, 0.5) is 4.39 Å². The molecule has 0 aromatic rings. The predicted octanol–water partition coefficient (Wildman–Crippen LogP) is 4.55. The zero-order chi connectivity index (χ0) is 10.3. The number of rotatable bonds is 4. The molecule has 0 aliphatic carbocycles. The summed E-state index contributed by atoms with van der Waals surface area (Å²) in [7, 11) is 0. The van der Waals surface area contributed by atoms with Gasteiger partial charge in [0.15, 0.2) is 0 Å². The van der Waals surface area contributed by atoms with E-state index in [4.69, 9.17) is 0 Å². The van der Waals surface area contributed by atoms with E-state index >= 15 is 0 Å². The van der Waals surface area contributed by atoms with Gasteiger partial charge in [0, 0.05) is 0 Å². The van der Waals surface area contributed by atoms with E-state index in [1.54, 1.807) is 0 Å². The lowest BCUT2D eigenvalue weighted by atomic mass is 10.1. The third-order valence-corrected chi connectivity index (χ3v) is 1.69. The average molecular weight is 182 g/mol. The summed E-state index contributed by atoms with van der Waals surface area (Å²) < 4.78 is 12.3. The zero-order valence-electron chi connectivity index (χ0n) is 9.02. The van der Waals surface area contributed by atoms with Crippen LogP contribution in [0.1, 0.15) is 40.5 Å². The highest BCUT2D eigenvalue weighted by molar-refractivity contribution is 5.12. The van der Waals surface area contributed by atoms with E-state index in [-0.39, 0.29) is 5.83 Å². The molecule has 0 aliphatic heterocycles. The smallest absolute Gasteiger partial charge is 0.0968 e. The molecule has 0 spiro atoms. The standard InChI is InChI=1S/C12H19F/c1-10(2)6-5-7-11(3)8-9-12(4)13/h6,8-9H,5,7H2,1-4H3/b11-8+,12-9-. The number of halogens is 1. The summed E-state index contributed by atoms with van der Waals surface area (Å²) in [6.45, 7) is 7.66. The van der Waals surface area contributed by atoms with Crippen LogP contribution in [0, 0.1) is 0 Å². The molecule has 13 heavy (non-hydrogen) atoms. The Morgan fingerprint density at radius 3 is 2.15 bits per heavy atom. The fourth-order valence-corrected chi connectivity index (χ4v) is 0.929. The van der Waals surface area contributed by atoms with Crippen LogP contribution >= 0.6 is 0 Å². The van der Waals surface area contributed by atoms with Gasteiger partial charge in [0.2, 0.25) is 0 Å². The molecule has 0 aliphatic rings. The third kappa shape index (κ3) is 9.06. The molecule has 0 heterocycles.